The number of ether oxygens (including phenoxy) is 1. The minimum atomic E-state index is 0.385. The molecule has 0 radical (unpaired) electrons. The quantitative estimate of drug-likeness (QED) is 0.753. The van der Waals surface area contributed by atoms with E-state index in [9.17, 15) is 0 Å². The second-order valence-electron chi connectivity index (χ2n) is 5.19. The number of benzene rings is 1. The Morgan fingerprint density at radius 2 is 2.25 bits per heavy atom. The number of halogens is 1. The first-order valence-electron chi connectivity index (χ1n) is 6.95. The van der Waals surface area contributed by atoms with Crippen LogP contribution in [-0.4, -0.2) is 27.2 Å². The van der Waals surface area contributed by atoms with Gasteiger partial charge in [0.05, 0.1) is 18.0 Å². The zero-order valence-corrected chi connectivity index (χ0v) is 13.4. The number of hydrogen-bond acceptors (Lipinski definition) is 3. The predicted octanol–water partition coefficient (Wildman–Crippen LogP) is 4.07. The van der Waals surface area contributed by atoms with E-state index in [0.29, 0.717) is 17.2 Å². The van der Waals surface area contributed by atoms with Crippen molar-refractivity contribution in [3.63, 3.8) is 0 Å². The van der Waals surface area contributed by atoms with E-state index in [2.05, 4.69) is 16.9 Å². The van der Waals surface area contributed by atoms with E-state index in [-0.39, 0.29) is 0 Å². The van der Waals surface area contributed by atoms with Gasteiger partial charge in [-0.3, -0.25) is 0 Å². The Bertz CT molecular complexity index is 622. The normalized spacial score (nSPS) is 16.6. The van der Waals surface area contributed by atoms with E-state index in [4.69, 9.17) is 21.3 Å². The van der Waals surface area contributed by atoms with Crippen LogP contribution >= 0.6 is 23.4 Å². The van der Waals surface area contributed by atoms with Crippen molar-refractivity contribution in [3.05, 3.63) is 24.0 Å². The van der Waals surface area contributed by atoms with Gasteiger partial charge in [0, 0.05) is 11.3 Å². The van der Waals surface area contributed by atoms with Crippen LogP contribution in [0.25, 0.3) is 11.0 Å². The molecule has 0 atom stereocenters. The molecule has 1 aliphatic carbocycles. The molecule has 3 nitrogen and oxygen atoms in total. The van der Waals surface area contributed by atoms with E-state index in [1.807, 2.05) is 30.8 Å². The highest BCUT2D eigenvalue weighted by Crippen LogP contribution is 2.49. The van der Waals surface area contributed by atoms with Gasteiger partial charge in [-0.25, -0.2) is 4.98 Å². The maximum atomic E-state index is 6.09. The lowest BCUT2D eigenvalue weighted by atomic mass is 10.3. The monoisotopic (exact) mass is 310 g/mol. The molecule has 2 aromatic rings. The Hall–Kier alpha value is -0.870. The van der Waals surface area contributed by atoms with E-state index in [1.165, 1.54) is 12.8 Å². The van der Waals surface area contributed by atoms with E-state index >= 15 is 0 Å². The summed E-state index contributed by atoms with van der Waals surface area (Å²) in [6, 6.07) is 6.11. The molecule has 0 N–H and O–H groups in total. The van der Waals surface area contributed by atoms with Crippen LogP contribution in [0.4, 0.5) is 0 Å². The van der Waals surface area contributed by atoms with Crippen molar-refractivity contribution in [2.24, 2.45) is 0 Å². The molecule has 0 unspecified atom stereocenters. The minimum Gasteiger partial charge on any atom is -0.492 e. The van der Waals surface area contributed by atoms with Gasteiger partial charge in [0.25, 0.3) is 0 Å². The van der Waals surface area contributed by atoms with E-state index in [0.717, 1.165) is 29.2 Å². The lowest BCUT2D eigenvalue weighted by Gasteiger charge is -2.15. The van der Waals surface area contributed by atoms with Crippen molar-refractivity contribution in [3.8, 4) is 5.75 Å². The molecular formula is C15H19ClN2OS. The van der Waals surface area contributed by atoms with Gasteiger partial charge in [-0.1, -0.05) is 6.07 Å². The van der Waals surface area contributed by atoms with Crippen LogP contribution in [-0.2, 0) is 12.4 Å². The zero-order valence-electron chi connectivity index (χ0n) is 11.9. The summed E-state index contributed by atoms with van der Waals surface area (Å²) >= 11 is 8.05. The third kappa shape index (κ3) is 2.40. The van der Waals surface area contributed by atoms with Crippen LogP contribution in [0.3, 0.4) is 0 Å². The fourth-order valence-electron chi connectivity index (χ4n) is 2.57. The number of hydrogen-bond donors (Lipinski definition) is 0. The molecule has 20 heavy (non-hydrogen) atoms. The predicted molar refractivity (Wildman–Crippen MR) is 85.9 cm³/mol. The second kappa shape index (κ2) is 5.49. The first kappa shape index (κ1) is 14.1. The standard InChI is InChI=1S/C15H19ClN2OS/c1-3-19-12-6-4-5-11-14(12)17-13(9-16)18(11)10-15(20-2)7-8-15/h4-6H,3,7-10H2,1-2H3. The average molecular weight is 311 g/mol. The molecule has 0 saturated heterocycles. The van der Waals surface area contributed by atoms with Crippen LogP contribution in [0.1, 0.15) is 25.6 Å². The molecule has 1 aliphatic rings. The Morgan fingerprint density at radius 1 is 1.45 bits per heavy atom. The van der Waals surface area contributed by atoms with Crippen LogP contribution in [0, 0.1) is 0 Å². The van der Waals surface area contributed by atoms with Gasteiger partial charge >= 0.3 is 0 Å². The summed E-state index contributed by atoms with van der Waals surface area (Å²) < 4.78 is 8.34. The molecule has 5 heteroatoms. The van der Waals surface area contributed by atoms with Crippen molar-refractivity contribution in [2.75, 3.05) is 12.9 Å². The molecule has 1 fully saturated rings. The molecular weight excluding hydrogens is 292 g/mol. The van der Waals surface area contributed by atoms with Gasteiger partial charge in [-0.05, 0) is 38.2 Å². The van der Waals surface area contributed by atoms with Crippen LogP contribution < -0.4 is 4.74 Å². The van der Waals surface area contributed by atoms with E-state index < -0.39 is 0 Å². The van der Waals surface area contributed by atoms with Crippen LogP contribution in [0.5, 0.6) is 5.75 Å². The molecule has 1 aromatic carbocycles. The molecule has 3 rings (SSSR count). The van der Waals surface area contributed by atoms with E-state index in [1.54, 1.807) is 0 Å². The number of thioether (sulfide) groups is 1. The third-order valence-electron chi connectivity index (χ3n) is 3.93. The largest absolute Gasteiger partial charge is 0.492 e. The van der Waals surface area contributed by atoms with Crippen molar-refractivity contribution in [1.82, 2.24) is 9.55 Å². The molecule has 108 valence electrons. The summed E-state index contributed by atoms with van der Waals surface area (Å²) in [4.78, 5) is 4.69. The molecule has 1 aromatic heterocycles. The number of rotatable bonds is 6. The first-order valence-corrected chi connectivity index (χ1v) is 8.71. The number of imidazole rings is 1. The highest BCUT2D eigenvalue weighted by molar-refractivity contribution is 8.00. The van der Waals surface area contributed by atoms with Crippen molar-refractivity contribution in [2.45, 2.75) is 36.9 Å². The van der Waals surface area contributed by atoms with Gasteiger partial charge in [0.1, 0.15) is 17.1 Å². The Labute approximate surface area is 128 Å². The molecule has 0 spiro atoms. The summed E-state index contributed by atoms with van der Waals surface area (Å²) in [5.74, 6) is 2.23. The molecule has 0 bridgehead atoms. The Kier molecular flexibility index (Phi) is 3.87. The van der Waals surface area contributed by atoms with Gasteiger partial charge in [-0.2, -0.15) is 11.8 Å². The summed E-state index contributed by atoms with van der Waals surface area (Å²) in [7, 11) is 0. The highest BCUT2D eigenvalue weighted by Gasteiger charge is 2.42. The fraction of sp³-hybridized carbons (Fsp3) is 0.533. The van der Waals surface area contributed by atoms with Gasteiger partial charge in [0.2, 0.25) is 0 Å². The Morgan fingerprint density at radius 3 is 2.85 bits per heavy atom. The second-order valence-corrected chi connectivity index (χ2v) is 6.73. The third-order valence-corrected chi connectivity index (χ3v) is 5.57. The lowest BCUT2D eigenvalue weighted by Crippen LogP contribution is -2.15. The molecule has 1 heterocycles. The van der Waals surface area contributed by atoms with Crippen molar-refractivity contribution >= 4 is 34.4 Å². The number of alkyl halides is 1. The number of fused-ring (bicyclic) bond motifs is 1. The summed E-state index contributed by atoms with van der Waals surface area (Å²) in [5, 5.41) is 0. The van der Waals surface area contributed by atoms with Gasteiger partial charge in [0.15, 0.2) is 0 Å². The van der Waals surface area contributed by atoms with Gasteiger partial charge < -0.3 is 9.30 Å². The first-order chi connectivity index (χ1) is 9.73. The van der Waals surface area contributed by atoms with Crippen LogP contribution in [0.15, 0.2) is 18.2 Å². The lowest BCUT2D eigenvalue weighted by molar-refractivity contribution is 0.343. The van der Waals surface area contributed by atoms with Crippen LogP contribution in [0.2, 0.25) is 0 Å². The summed E-state index contributed by atoms with van der Waals surface area (Å²) in [5.41, 5.74) is 2.06. The summed E-state index contributed by atoms with van der Waals surface area (Å²) in [6.45, 7) is 3.63. The highest BCUT2D eigenvalue weighted by atomic mass is 35.5. The number of para-hydroxylation sites is 1. The fourth-order valence-corrected chi connectivity index (χ4v) is 3.55. The van der Waals surface area contributed by atoms with Crippen molar-refractivity contribution in [1.29, 1.82) is 0 Å². The Balaban J connectivity index is 2.07. The SMILES string of the molecule is CCOc1cccc2c1nc(CCl)n2CC1(SC)CC1. The maximum Gasteiger partial charge on any atom is 0.147 e. The maximum absolute atomic E-state index is 6.09. The molecule has 0 aliphatic heterocycles. The topological polar surface area (TPSA) is 27.1 Å². The van der Waals surface area contributed by atoms with Gasteiger partial charge in [-0.15, -0.1) is 11.6 Å². The summed E-state index contributed by atoms with van der Waals surface area (Å²) in [6.07, 6.45) is 4.75. The number of aromatic nitrogens is 2. The minimum absolute atomic E-state index is 0.385. The average Bonchev–Trinajstić information content (AvgIpc) is 3.16. The van der Waals surface area contributed by atoms with Crippen molar-refractivity contribution < 1.29 is 4.74 Å². The molecule has 0 amide bonds. The molecule has 1 saturated carbocycles. The smallest absolute Gasteiger partial charge is 0.147 e. The zero-order chi connectivity index (χ0) is 14.2. The number of nitrogens with zero attached hydrogens (tertiary/aromatic N) is 2.